The van der Waals surface area contributed by atoms with Crippen molar-refractivity contribution in [3.05, 3.63) is 47.9 Å². The number of pyridine rings is 1. The van der Waals surface area contributed by atoms with Gasteiger partial charge in [0, 0.05) is 46.2 Å². The topological polar surface area (TPSA) is 118 Å². The molecular formula is C37H46FN5O7. The van der Waals surface area contributed by atoms with Gasteiger partial charge < -0.3 is 33.3 Å². The quantitative estimate of drug-likeness (QED) is 0.160. The molecule has 2 fully saturated rings. The number of benzene rings is 2. The normalized spacial score (nSPS) is 18.3. The van der Waals surface area contributed by atoms with Gasteiger partial charge in [0.1, 0.15) is 34.5 Å². The molecule has 6 rings (SSSR count). The van der Waals surface area contributed by atoms with Gasteiger partial charge in [-0.05, 0) is 75.4 Å². The maximum absolute atomic E-state index is 17.1. The van der Waals surface area contributed by atoms with Crippen LogP contribution in [0.1, 0.15) is 53.0 Å². The first kappa shape index (κ1) is 35.5. The average molecular weight is 692 g/mol. The Morgan fingerprint density at radius 2 is 1.78 bits per heavy atom. The number of hydrogen-bond acceptors (Lipinski definition) is 11. The minimum Gasteiger partial charge on any atom is -0.468 e. The number of rotatable bonds is 11. The van der Waals surface area contributed by atoms with Gasteiger partial charge in [0.25, 0.3) is 0 Å². The first-order chi connectivity index (χ1) is 24.0. The molecule has 3 atom stereocenters. The van der Waals surface area contributed by atoms with E-state index in [2.05, 4.69) is 16.8 Å². The molecule has 268 valence electrons. The Balaban J connectivity index is 1.48. The Kier molecular flexibility index (Phi) is 10.3. The first-order valence-electron chi connectivity index (χ1n) is 17.0. The Morgan fingerprint density at radius 1 is 1.06 bits per heavy atom. The SMILES string of the molecule is CCc1cccc2cc(OCOC)cc(-c3ncc4c(N5CC6CCC(C5)N6C(=O)OC(C)(C)C)nc(O[C@H](C)C(OC)OC)nc4c3F)c12. The van der Waals surface area contributed by atoms with Crippen molar-refractivity contribution in [2.45, 2.75) is 84.0 Å². The van der Waals surface area contributed by atoms with E-state index in [4.69, 9.17) is 38.4 Å². The highest BCUT2D eigenvalue weighted by Crippen LogP contribution is 2.40. The number of methoxy groups -OCH3 is 3. The van der Waals surface area contributed by atoms with Crippen molar-refractivity contribution in [1.82, 2.24) is 19.9 Å². The van der Waals surface area contributed by atoms with Gasteiger partial charge in [-0.1, -0.05) is 25.1 Å². The van der Waals surface area contributed by atoms with E-state index in [0.29, 0.717) is 35.6 Å². The van der Waals surface area contributed by atoms with E-state index in [1.165, 1.54) is 14.2 Å². The lowest BCUT2D eigenvalue weighted by molar-refractivity contribution is -0.152. The fourth-order valence-corrected chi connectivity index (χ4v) is 7.06. The van der Waals surface area contributed by atoms with Gasteiger partial charge in [0.2, 0.25) is 0 Å². The fourth-order valence-electron chi connectivity index (χ4n) is 7.06. The number of ether oxygens (including phenoxy) is 6. The summed E-state index contributed by atoms with van der Waals surface area (Å²) in [6.07, 6.45) is 2.33. The Morgan fingerprint density at radius 3 is 2.42 bits per heavy atom. The summed E-state index contributed by atoms with van der Waals surface area (Å²) in [5.74, 6) is 0.373. The van der Waals surface area contributed by atoms with Crippen molar-refractivity contribution >= 4 is 33.6 Å². The molecule has 4 aromatic rings. The summed E-state index contributed by atoms with van der Waals surface area (Å²) in [6.45, 7) is 10.4. The van der Waals surface area contributed by atoms with Crippen LogP contribution in [0.3, 0.4) is 0 Å². The summed E-state index contributed by atoms with van der Waals surface area (Å²) in [4.78, 5) is 31.3. The number of nitrogens with zero attached hydrogens (tertiary/aromatic N) is 5. The van der Waals surface area contributed by atoms with Crippen molar-refractivity contribution in [1.29, 1.82) is 0 Å². The van der Waals surface area contributed by atoms with Crippen LogP contribution in [-0.2, 0) is 25.4 Å². The lowest BCUT2D eigenvalue weighted by Gasteiger charge is -2.42. The molecule has 2 bridgehead atoms. The lowest BCUT2D eigenvalue weighted by Crippen LogP contribution is -2.57. The molecule has 2 aliphatic rings. The summed E-state index contributed by atoms with van der Waals surface area (Å²) < 4.78 is 50.8. The molecule has 2 aromatic heterocycles. The van der Waals surface area contributed by atoms with E-state index in [1.54, 1.807) is 26.3 Å². The first-order valence-corrected chi connectivity index (χ1v) is 17.0. The molecule has 50 heavy (non-hydrogen) atoms. The van der Waals surface area contributed by atoms with Crippen LogP contribution in [0.2, 0.25) is 0 Å². The average Bonchev–Trinajstić information content (AvgIpc) is 3.36. The van der Waals surface area contributed by atoms with E-state index in [0.717, 1.165) is 35.6 Å². The van der Waals surface area contributed by atoms with Crippen LogP contribution < -0.4 is 14.4 Å². The van der Waals surface area contributed by atoms with Gasteiger partial charge in [-0.3, -0.25) is 9.88 Å². The molecule has 0 aliphatic carbocycles. The molecule has 2 saturated heterocycles. The summed E-state index contributed by atoms with van der Waals surface area (Å²) in [5, 5.41) is 2.19. The molecule has 2 aromatic carbocycles. The summed E-state index contributed by atoms with van der Waals surface area (Å²) in [7, 11) is 4.57. The van der Waals surface area contributed by atoms with Crippen LogP contribution >= 0.6 is 0 Å². The zero-order valence-corrected chi connectivity index (χ0v) is 30.0. The Bertz CT molecular complexity index is 1850. The smallest absolute Gasteiger partial charge is 0.410 e. The standard InChI is InChI=1S/C37H46FN5O7/c1-9-22-11-10-12-23-15-26(48-20-45-6)16-27(29(22)23)31-30(38)32-28(17-39-31)33(41-35(40-32)49-21(2)34(46-7)47-8)42-18-24-13-14-25(19-42)43(24)36(44)50-37(3,4)5/h10-12,15-17,21,24-25,34H,9,13-14,18-20H2,1-8H3/t21-,24?,25?/m1/s1. The second kappa shape index (κ2) is 14.5. The maximum atomic E-state index is 17.1. The zero-order chi connectivity index (χ0) is 35.7. The summed E-state index contributed by atoms with van der Waals surface area (Å²) in [5.41, 5.74) is 1.18. The van der Waals surface area contributed by atoms with Crippen molar-refractivity contribution in [3.63, 3.8) is 0 Å². The van der Waals surface area contributed by atoms with Crippen LogP contribution in [0.5, 0.6) is 11.8 Å². The minimum absolute atomic E-state index is 0.0339. The van der Waals surface area contributed by atoms with Gasteiger partial charge >= 0.3 is 12.1 Å². The molecule has 0 radical (unpaired) electrons. The van der Waals surface area contributed by atoms with Gasteiger partial charge in [0.15, 0.2) is 18.9 Å². The molecule has 1 amide bonds. The predicted molar refractivity (Wildman–Crippen MR) is 187 cm³/mol. The highest BCUT2D eigenvalue weighted by Gasteiger charge is 2.45. The molecule has 2 unspecified atom stereocenters. The number of carbonyl (C=O) groups excluding carboxylic acids is 1. The molecule has 0 saturated carbocycles. The molecule has 0 N–H and O–H groups in total. The molecule has 13 heteroatoms. The van der Waals surface area contributed by atoms with E-state index in [9.17, 15) is 4.79 Å². The Hall–Kier alpha value is -4.33. The van der Waals surface area contributed by atoms with E-state index in [-0.39, 0.29) is 42.2 Å². The van der Waals surface area contributed by atoms with Gasteiger partial charge in [0.05, 0.1) is 17.5 Å². The van der Waals surface area contributed by atoms with Crippen LogP contribution in [0.4, 0.5) is 15.0 Å². The number of piperazine rings is 1. The van der Waals surface area contributed by atoms with E-state index in [1.807, 2.05) is 49.9 Å². The zero-order valence-electron chi connectivity index (χ0n) is 30.0. The highest BCUT2D eigenvalue weighted by atomic mass is 19.1. The number of carbonyl (C=O) groups is 1. The summed E-state index contributed by atoms with van der Waals surface area (Å²) >= 11 is 0. The van der Waals surface area contributed by atoms with Crippen molar-refractivity contribution in [2.24, 2.45) is 0 Å². The monoisotopic (exact) mass is 691 g/mol. The van der Waals surface area contributed by atoms with Gasteiger partial charge in [-0.2, -0.15) is 9.97 Å². The molecular weight excluding hydrogens is 645 g/mol. The molecule has 2 aliphatic heterocycles. The number of hydrogen-bond donors (Lipinski definition) is 0. The summed E-state index contributed by atoms with van der Waals surface area (Å²) in [6, 6.07) is 9.43. The number of amides is 1. The minimum atomic E-state index is -0.711. The van der Waals surface area contributed by atoms with Crippen LogP contribution in [0.25, 0.3) is 32.9 Å². The fraction of sp³-hybridized carbons (Fsp3) is 0.514. The second-order valence-electron chi connectivity index (χ2n) is 13.7. The maximum Gasteiger partial charge on any atom is 0.410 e. The van der Waals surface area contributed by atoms with Crippen LogP contribution in [-0.4, -0.2) is 97.2 Å². The third kappa shape index (κ3) is 6.99. The van der Waals surface area contributed by atoms with E-state index < -0.39 is 23.8 Å². The Labute approximate surface area is 291 Å². The number of halogens is 1. The number of aryl methyl sites for hydroxylation is 1. The van der Waals surface area contributed by atoms with E-state index >= 15 is 4.39 Å². The largest absolute Gasteiger partial charge is 0.468 e. The van der Waals surface area contributed by atoms with Crippen LogP contribution in [0, 0.1) is 5.82 Å². The third-order valence-electron chi connectivity index (χ3n) is 9.18. The number of aromatic nitrogens is 3. The van der Waals surface area contributed by atoms with Gasteiger partial charge in [-0.15, -0.1) is 0 Å². The molecule has 12 nitrogen and oxygen atoms in total. The highest BCUT2D eigenvalue weighted by molar-refractivity contribution is 6.01. The molecule has 0 spiro atoms. The lowest BCUT2D eigenvalue weighted by atomic mass is 9.95. The molecule has 4 heterocycles. The second-order valence-corrected chi connectivity index (χ2v) is 13.7. The number of anilines is 1. The van der Waals surface area contributed by atoms with Crippen molar-refractivity contribution in [2.75, 3.05) is 46.1 Å². The van der Waals surface area contributed by atoms with Gasteiger partial charge in [-0.25, -0.2) is 9.18 Å². The van der Waals surface area contributed by atoms with Crippen molar-refractivity contribution < 1.29 is 37.6 Å². The van der Waals surface area contributed by atoms with Crippen LogP contribution in [0.15, 0.2) is 36.5 Å². The predicted octanol–water partition coefficient (Wildman–Crippen LogP) is 6.50. The number of fused-ring (bicyclic) bond motifs is 4. The van der Waals surface area contributed by atoms with Crippen molar-refractivity contribution in [3.8, 4) is 23.0 Å². The third-order valence-corrected chi connectivity index (χ3v) is 9.18.